The molecular formula is C18H27NO4. The van der Waals surface area contributed by atoms with Crippen molar-refractivity contribution >= 4 is 11.9 Å². The molecule has 128 valence electrons. The first-order valence-electron chi connectivity index (χ1n) is 7.88. The third-order valence-electron chi connectivity index (χ3n) is 3.37. The van der Waals surface area contributed by atoms with Crippen LogP contribution in [0, 0.1) is 0 Å². The highest BCUT2D eigenvalue weighted by Crippen LogP contribution is 2.15. The number of likely N-dealkylation sites (N-methyl/N-ethyl adjacent to an activating group) is 1. The monoisotopic (exact) mass is 321 g/mol. The first-order chi connectivity index (χ1) is 10.7. The summed E-state index contributed by atoms with van der Waals surface area (Å²) in [4.78, 5) is 26.1. The summed E-state index contributed by atoms with van der Waals surface area (Å²) >= 11 is 0. The van der Waals surface area contributed by atoms with E-state index in [9.17, 15) is 9.59 Å². The Kier molecular flexibility index (Phi) is 7.23. The molecule has 1 aromatic carbocycles. The van der Waals surface area contributed by atoms with E-state index in [4.69, 9.17) is 9.84 Å². The lowest BCUT2D eigenvalue weighted by Crippen LogP contribution is -2.46. The quantitative estimate of drug-likeness (QED) is 0.838. The molecule has 1 amide bonds. The van der Waals surface area contributed by atoms with Crippen LogP contribution in [0.15, 0.2) is 30.3 Å². The Labute approximate surface area is 138 Å². The predicted molar refractivity (Wildman–Crippen MR) is 89.3 cm³/mol. The van der Waals surface area contributed by atoms with E-state index in [-0.39, 0.29) is 18.8 Å². The fourth-order valence-corrected chi connectivity index (χ4v) is 2.19. The van der Waals surface area contributed by atoms with Gasteiger partial charge in [-0.2, -0.15) is 0 Å². The maximum atomic E-state index is 12.5. The maximum Gasteiger partial charge on any atom is 0.410 e. The van der Waals surface area contributed by atoms with E-state index in [1.165, 1.54) is 4.90 Å². The highest BCUT2D eigenvalue weighted by atomic mass is 16.6. The molecule has 1 atom stereocenters. The van der Waals surface area contributed by atoms with Crippen LogP contribution in [0.25, 0.3) is 0 Å². The zero-order valence-corrected chi connectivity index (χ0v) is 14.4. The van der Waals surface area contributed by atoms with Gasteiger partial charge in [0.1, 0.15) is 5.60 Å². The van der Waals surface area contributed by atoms with Gasteiger partial charge >= 0.3 is 6.09 Å². The van der Waals surface area contributed by atoms with Crippen LogP contribution in [-0.4, -0.2) is 47.2 Å². The SMILES string of the molecule is CN(C(=O)OC(C)(C)C)C(Cc1ccccc1)C(=O)CCCO. The van der Waals surface area contributed by atoms with E-state index in [2.05, 4.69) is 0 Å². The van der Waals surface area contributed by atoms with Crippen LogP contribution in [0.4, 0.5) is 4.79 Å². The lowest BCUT2D eigenvalue weighted by molar-refractivity contribution is -0.124. The summed E-state index contributed by atoms with van der Waals surface area (Å²) in [6.45, 7) is 5.33. The van der Waals surface area contributed by atoms with Gasteiger partial charge in [-0.3, -0.25) is 4.79 Å². The highest BCUT2D eigenvalue weighted by molar-refractivity contribution is 5.87. The van der Waals surface area contributed by atoms with Gasteiger partial charge in [-0.05, 0) is 32.8 Å². The molecule has 0 aliphatic heterocycles. The average molecular weight is 321 g/mol. The average Bonchev–Trinajstić information content (AvgIpc) is 2.49. The first kappa shape index (κ1) is 19.2. The summed E-state index contributed by atoms with van der Waals surface area (Å²) in [6, 6.07) is 8.96. The minimum Gasteiger partial charge on any atom is -0.444 e. The van der Waals surface area contributed by atoms with Crippen molar-refractivity contribution in [1.82, 2.24) is 4.90 Å². The second-order valence-corrected chi connectivity index (χ2v) is 6.59. The van der Waals surface area contributed by atoms with Crippen LogP contribution in [0.1, 0.15) is 39.2 Å². The number of rotatable bonds is 7. The number of ketones is 1. The molecule has 23 heavy (non-hydrogen) atoms. The topological polar surface area (TPSA) is 66.8 Å². The van der Waals surface area contributed by atoms with Gasteiger partial charge in [-0.1, -0.05) is 30.3 Å². The largest absolute Gasteiger partial charge is 0.444 e. The summed E-state index contributed by atoms with van der Waals surface area (Å²) < 4.78 is 5.36. The highest BCUT2D eigenvalue weighted by Gasteiger charge is 2.29. The standard InChI is InChI=1S/C18H27NO4/c1-18(2,3)23-17(22)19(4)15(16(21)11-8-12-20)13-14-9-6-5-7-10-14/h5-7,9-10,15,20H,8,11-13H2,1-4H3. The predicted octanol–water partition coefficient (Wildman–Crippen LogP) is 2.81. The Morgan fingerprint density at radius 2 is 1.83 bits per heavy atom. The number of aliphatic hydroxyl groups excluding tert-OH is 1. The van der Waals surface area contributed by atoms with E-state index in [0.717, 1.165) is 5.56 Å². The van der Waals surface area contributed by atoms with Crippen molar-refractivity contribution in [1.29, 1.82) is 0 Å². The van der Waals surface area contributed by atoms with Crippen LogP contribution in [0.2, 0.25) is 0 Å². The molecule has 0 aliphatic carbocycles. The van der Waals surface area contributed by atoms with Gasteiger partial charge in [0.05, 0.1) is 6.04 Å². The molecule has 1 aromatic rings. The Bertz CT molecular complexity index is 508. The maximum absolute atomic E-state index is 12.5. The zero-order chi connectivity index (χ0) is 17.5. The van der Waals surface area contributed by atoms with Crippen molar-refractivity contribution < 1.29 is 19.4 Å². The third kappa shape index (κ3) is 6.82. The van der Waals surface area contributed by atoms with Crippen molar-refractivity contribution in [2.75, 3.05) is 13.7 Å². The molecule has 5 nitrogen and oxygen atoms in total. The van der Waals surface area contributed by atoms with Crippen LogP contribution in [0.3, 0.4) is 0 Å². The minimum atomic E-state index is -0.614. The van der Waals surface area contributed by atoms with E-state index < -0.39 is 17.7 Å². The molecule has 0 aromatic heterocycles. The molecule has 0 bridgehead atoms. The number of benzene rings is 1. The van der Waals surface area contributed by atoms with Crippen LogP contribution in [0.5, 0.6) is 0 Å². The molecule has 1 N–H and O–H groups in total. The molecule has 0 saturated carbocycles. The molecule has 1 rings (SSSR count). The van der Waals surface area contributed by atoms with E-state index >= 15 is 0 Å². The number of carbonyl (C=O) groups is 2. The van der Waals surface area contributed by atoms with Crippen LogP contribution in [-0.2, 0) is 16.0 Å². The van der Waals surface area contributed by atoms with Crippen molar-refractivity contribution in [3.63, 3.8) is 0 Å². The Hall–Kier alpha value is -1.88. The van der Waals surface area contributed by atoms with E-state index in [1.54, 1.807) is 27.8 Å². The molecule has 0 saturated heterocycles. The summed E-state index contributed by atoms with van der Waals surface area (Å²) in [5.41, 5.74) is 0.363. The second kappa shape index (κ2) is 8.67. The Balaban J connectivity index is 2.89. The molecule has 5 heteroatoms. The molecule has 0 radical (unpaired) electrons. The number of Topliss-reactive ketones (excluding diaryl/α,β-unsaturated/α-hetero) is 1. The van der Waals surface area contributed by atoms with Crippen molar-refractivity contribution in [3.05, 3.63) is 35.9 Å². The second-order valence-electron chi connectivity index (χ2n) is 6.59. The van der Waals surface area contributed by atoms with Gasteiger partial charge in [-0.25, -0.2) is 4.79 Å². The van der Waals surface area contributed by atoms with Gasteiger partial charge in [0.15, 0.2) is 5.78 Å². The number of hydrogen-bond donors (Lipinski definition) is 1. The lowest BCUT2D eigenvalue weighted by atomic mass is 9.99. The summed E-state index contributed by atoms with van der Waals surface area (Å²) in [6.07, 6.45) is 0.546. The van der Waals surface area contributed by atoms with Crippen molar-refractivity contribution in [2.45, 2.75) is 51.7 Å². The Morgan fingerprint density at radius 1 is 1.22 bits per heavy atom. The van der Waals surface area contributed by atoms with Gasteiger partial charge in [0.2, 0.25) is 0 Å². The van der Waals surface area contributed by atoms with E-state index in [1.807, 2.05) is 30.3 Å². The molecule has 0 heterocycles. The fourth-order valence-electron chi connectivity index (χ4n) is 2.19. The summed E-state index contributed by atoms with van der Waals surface area (Å²) in [5, 5.41) is 8.93. The van der Waals surface area contributed by atoms with Gasteiger partial charge in [0, 0.05) is 26.5 Å². The van der Waals surface area contributed by atoms with Gasteiger partial charge in [0.25, 0.3) is 0 Å². The number of aliphatic hydroxyl groups is 1. The van der Waals surface area contributed by atoms with Crippen LogP contribution >= 0.6 is 0 Å². The minimum absolute atomic E-state index is 0.0417. The number of ether oxygens (including phenoxy) is 1. The van der Waals surface area contributed by atoms with Gasteiger partial charge in [-0.15, -0.1) is 0 Å². The van der Waals surface area contributed by atoms with Crippen molar-refractivity contribution in [2.24, 2.45) is 0 Å². The summed E-state index contributed by atoms with van der Waals surface area (Å²) in [5.74, 6) is -0.0729. The summed E-state index contributed by atoms with van der Waals surface area (Å²) in [7, 11) is 1.58. The first-order valence-corrected chi connectivity index (χ1v) is 7.88. The molecule has 0 aliphatic rings. The van der Waals surface area contributed by atoms with E-state index in [0.29, 0.717) is 12.8 Å². The normalized spacial score (nSPS) is 12.6. The van der Waals surface area contributed by atoms with Gasteiger partial charge < -0.3 is 14.7 Å². The number of carbonyl (C=O) groups excluding carboxylic acids is 2. The molecule has 0 spiro atoms. The zero-order valence-electron chi connectivity index (χ0n) is 14.4. The smallest absolute Gasteiger partial charge is 0.410 e. The fraction of sp³-hybridized carbons (Fsp3) is 0.556. The Morgan fingerprint density at radius 3 is 2.35 bits per heavy atom. The number of nitrogens with zero attached hydrogens (tertiary/aromatic N) is 1. The lowest BCUT2D eigenvalue weighted by Gasteiger charge is -2.30. The number of amides is 1. The molecule has 1 unspecified atom stereocenters. The molecular weight excluding hydrogens is 294 g/mol. The number of hydrogen-bond acceptors (Lipinski definition) is 4. The third-order valence-corrected chi connectivity index (χ3v) is 3.37. The van der Waals surface area contributed by atoms with Crippen molar-refractivity contribution in [3.8, 4) is 0 Å². The van der Waals surface area contributed by atoms with Crippen LogP contribution < -0.4 is 0 Å². The molecule has 0 fully saturated rings.